The predicted octanol–water partition coefficient (Wildman–Crippen LogP) is 1.96. The van der Waals surface area contributed by atoms with E-state index < -0.39 is 0 Å². The molecule has 0 spiro atoms. The van der Waals surface area contributed by atoms with Crippen molar-refractivity contribution >= 4 is 17.0 Å². The van der Waals surface area contributed by atoms with Crippen LogP contribution < -0.4 is 0 Å². The first-order valence-corrected chi connectivity index (χ1v) is 5.23. The lowest BCUT2D eigenvalue weighted by atomic mass is 9.96. The van der Waals surface area contributed by atoms with E-state index in [1.807, 2.05) is 6.07 Å². The maximum Gasteiger partial charge on any atom is 0.0839 e. The van der Waals surface area contributed by atoms with Crippen LogP contribution in [0.15, 0.2) is 24.3 Å². The highest BCUT2D eigenvalue weighted by Gasteiger charge is 2.44. The molecule has 1 N–H and O–H groups in total. The van der Waals surface area contributed by atoms with Crippen LogP contribution in [0.2, 0.25) is 0 Å². The Bertz CT molecular complexity index is 368. The van der Waals surface area contributed by atoms with Crippen LogP contribution in [0.4, 0.5) is 0 Å². The van der Waals surface area contributed by atoms with E-state index in [1.54, 1.807) is 0 Å². The van der Waals surface area contributed by atoms with Gasteiger partial charge in [0.1, 0.15) is 0 Å². The minimum atomic E-state index is -0.235. The van der Waals surface area contributed by atoms with E-state index in [0.717, 1.165) is 18.7 Å². The van der Waals surface area contributed by atoms with Crippen LogP contribution in [0.5, 0.6) is 0 Å². The van der Waals surface area contributed by atoms with Gasteiger partial charge >= 0.3 is 0 Å². The van der Waals surface area contributed by atoms with Crippen molar-refractivity contribution in [3.8, 4) is 0 Å². The van der Waals surface area contributed by atoms with Gasteiger partial charge in [-0.05, 0) is 18.2 Å². The molecule has 3 heteroatoms. The van der Waals surface area contributed by atoms with Crippen LogP contribution in [0, 0.1) is 5.92 Å². The van der Waals surface area contributed by atoms with E-state index in [9.17, 15) is 5.11 Å². The number of rotatable bonds is 0. The van der Waals surface area contributed by atoms with Crippen molar-refractivity contribution in [2.75, 3.05) is 20.1 Å². The smallest absolute Gasteiger partial charge is 0.0839 e. The summed E-state index contributed by atoms with van der Waals surface area (Å²) in [6, 6.07) is 8.33. The molecule has 1 aliphatic heterocycles. The van der Waals surface area contributed by atoms with Gasteiger partial charge in [0.2, 0.25) is 0 Å². The van der Waals surface area contributed by atoms with E-state index in [1.165, 1.54) is 5.56 Å². The number of nitrogens with zero attached hydrogens (tertiary/aromatic N) is 1. The van der Waals surface area contributed by atoms with Crippen molar-refractivity contribution < 1.29 is 5.11 Å². The molecule has 1 saturated heterocycles. The van der Waals surface area contributed by atoms with Gasteiger partial charge in [0.05, 0.1) is 6.10 Å². The molecule has 15 heavy (non-hydrogen) atoms. The van der Waals surface area contributed by atoms with Crippen LogP contribution in [0.3, 0.4) is 0 Å². The average Bonchev–Trinajstić information content (AvgIpc) is 2.68. The molecule has 0 bridgehead atoms. The number of fused-ring (bicyclic) bond motifs is 3. The molecular formula is C12H16BrNO. The quantitative estimate of drug-likeness (QED) is 0.779. The zero-order valence-electron chi connectivity index (χ0n) is 8.76. The Labute approximate surface area is 101 Å². The van der Waals surface area contributed by atoms with E-state index in [0.29, 0.717) is 11.8 Å². The Kier molecular flexibility index (Phi) is 2.88. The summed E-state index contributed by atoms with van der Waals surface area (Å²) in [7, 11) is 2.13. The monoisotopic (exact) mass is 269 g/mol. The van der Waals surface area contributed by atoms with Gasteiger partial charge in [0, 0.05) is 24.9 Å². The highest BCUT2D eigenvalue weighted by atomic mass is 79.9. The van der Waals surface area contributed by atoms with Gasteiger partial charge in [-0.25, -0.2) is 0 Å². The van der Waals surface area contributed by atoms with Gasteiger partial charge in [-0.3, -0.25) is 0 Å². The largest absolute Gasteiger partial charge is 0.388 e. The minimum absolute atomic E-state index is 0. The van der Waals surface area contributed by atoms with E-state index in [-0.39, 0.29) is 23.1 Å². The molecule has 1 aromatic carbocycles. The second-order valence-electron chi connectivity index (χ2n) is 4.57. The number of aliphatic hydroxyl groups is 1. The van der Waals surface area contributed by atoms with Crippen molar-refractivity contribution in [3.63, 3.8) is 0 Å². The summed E-state index contributed by atoms with van der Waals surface area (Å²) in [6.45, 7) is 2.12. The van der Waals surface area contributed by atoms with Crippen LogP contribution in [-0.2, 0) is 0 Å². The van der Waals surface area contributed by atoms with Crippen molar-refractivity contribution in [1.82, 2.24) is 4.90 Å². The summed E-state index contributed by atoms with van der Waals surface area (Å²) in [5.41, 5.74) is 2.53. The molecule has 2 nitrogen and oxygen atoms in total. The third kappa shape index (κ3) is 1.53. The van der Waals surface area contributed by atoms with Gasteiger partial charge in [-0.2, -0.15) is 0 Å². The summed E-state index contributed by atoms with van der Waals surface area (Å²) in [4.78, 5) is 2.31. The Morgan fingerprint density at radius 2 is 1.87 bits per heavy atom. The van der Waals surface area contributed by atoms with Crippen molar-refractivity contribution in [2.45, 2.75) is 12.0 Å². The molecule has 0 amide bonds. The van der Waals surface area contributed by atoms with Gasteiger partial charge in [0.25, 0.3) is 0 Å². The fraction of sp³-hybridized carbons (Fsp3) is 0.500. The highest BCUT2D eigenvalue weighted by molar-refractivity contribution is 8.93. The maximum absolute atomic E-state index is 10.1. The molecule has 0 radical (unpaired) electrons. The van der Waals surface area contributed by atoms with Crippen LogP contribution in [-0.4, -0.2) is 30.1 Å². The number of hydrogen-bond acceptors (Lipinski definition) is 2. The molecule has 0 aromatic heterocycles. The molecule has 1 aliphatic carbocycles. The predicted molar refractivity (Wildman–Crippen MR) is 65.5 cm³/mol. The first-order valence-electron chi connectivity index (χ1n) is 5.23. The lowest BCUT2D eigenvalue weighted by Crippen LogP contribution is -2.17. The molecule has 1 heterocycles. The summed E-state index contributed by atoms with van der Waals surface area (Å²) >= 11 is 0. The lowest BCUT2D eigenvalue weighted by Gasteiger charge is -2.13. The molecular weight excluding hydrogens is 254 g/mol. The lowest BCUT2D eigenvalue weighted by molar-refractivity contribution is 0.120. The molecule has 0 saturated carbocycles. The summed E-state index contributed by atoms with van der Waals surface area (Å²) < 4.78 is 0. The molecule has 2 aliphatic rings. The molecule has 82 valence electrons. The third-order valence-corrected chi connectivity index (χ3v) is 3.67. The van der Waals surface area contributed by atoms with Gasteiger partial charge in [-0.15, -0.1) is 17.0 Å². The summed E-state index contributed by atoms with van der Waals surface area (Å²) in [6.07, 6.45) is -0.235. The van der Waals surface area contributed by atoms with Gasteiger partial charge < -0.3 is 10.0 Å². The standard InChI is InChI=1S/C12H15NO.BrH/c1-13-6-10-8-4-2-3-5-9(8)12(14)11(10)7-13;/h2-5,10-12,14H,6-7H2,1H3;1H. The fourth-order valence-corrected chi connectivity index (χ4v) is 3.03. The number of likely N-dealkylation sites (N-methyl/N-ethyl adjacent to an activating group) is 1. The topological polar surface area (TPSA) is 23.5 Å². The molecule has 1 fully saturated rings. The molecule has 3 atom stereocenters. The second-order valence-corrected chi connectivity index (χ2v) is 4.57. The summed E-state index contributed by atoms with van der Waals surface area (Å²) in [5.74, 6) is 0.989. The number of aliphatic hydroxyl groups excluding tert-OH is 1. The normalized spacial score (nSPS) is 33.3. The van der Waals surface area contributed by atoms with Crippen molar-refractivity contribution in [2.24, 2.45) is 5.92 Å². The molecule has 3 unspecified atom stereocenters. The minimum Gasteiger partial charge on any atom is -0.388 e. The first-order chi connectivity index (χ1) is 6.77. The molecule has 3 rings (SSSR count). The maximum atomic E-state index is 10.1. The Balaban J connectivity index is 0.000000853. The second kappa shape index (κ2) is 3.89. The zero-order valence-corrected chi connectivity index (χ0v) is 10.5. The van der Waals surface area contributed by atoms with E-state index in [4.69, 9.17) is 0 Å². The first kappa shape index (κ1) is 11.1. The average molecular weight is 270 g/mol. The van der Waals surface area contributed by atoms with Crippen LogP contribution >= 0.6 is 17.0 Å². The molecule has 1 aromatic rings. The number of benzene rings is 1. The van der Waals surface area contributed by atoms with Gasteiger partial charge in [-0.1, -0.05) is 24.3 Å². The number of halogens is 1. The summed E-state index contributed by atoms with van der Waals surface area (Å²) in [5, 5.41) is 10.1. The Hall–Kier alpha value is -0.380. The van der Waals surface area contributed by atoms with E-state index >= 15 is 0 Å². The Morgan fingerprint density at radius 1 is 1.20 bits per heavy atom. The van der Waals surface area contributed by atoms with E-state index in [2.05, 4.69) is 30.1 Å². The van der Waals surface area contributed by atoms with Gasteiger partial charge in [0.15, 0.2) is 0 Å². The van der Waals surface area contributed by atoms with Crippen molar-refractivity contribution in [1.29, 1.82) is 0 Å². The zero-order chi connectivity index (χ0) is 9.71. The number of likely N-dealkylation sites (tertiary alicyclic amines) is 1. The number of hydrogen-bond donors (Lipinski definition) is 1. The van der Waals surface area contributed by atoms with Crippen LogP contribution in [0.1, 0.15) is 23.1 Å². The highest BCUT2D eigenvalue weighted by Crippen LogP contribution is 2.48. The van der Waals surface area contributed by atoms with Crippen LogP contribution in [0.25, 0.3) is 0 Å². The van der Waals surface area contributed by atoms with Crippen molar-refractivity contribution in [3.05, 3.63) is 35.4 Å². The third-order valence-electron chi connectivity index (χ3n) is 3.67. The Morgan fingerprint density at radius 3 is 2.60 bits per heavy atom. The fourth-order valence-electron chi connectivity index (χ4n) is 3.03. The SMILES string of the molecule is Br.CN1CC2c3ccccc3C(O)C2C1.